The van der Waals surface area contributed by atoms with E-state index in [1.165, 1.54) is 12.8 Å². The topological polar surface area (TPSA) is 73.5 Å². The summed E-state index contributed by atoms with van der Waals surface area (Å²) >= 11 is 0. The maximum atomic E-state index is 13.0. The summed E-state index contributed by atoms with van der Waals surface area (Å²) < 4.78 is 0. The Kier molecular flexibility index (Phi) is 9.51. The molecule has 4 rings (SSSR count). The van der Waals surface area contributed by atoms with Crippen LogP contribution in [0.2, 0.25) is 0 Å². The van der Waals surface area contributed by atoms with E-state index in [0.29, 0.717) is 25.1 Å². The third kappa shape index (κ3) is 7.95. The van der Waals surface area contributed by atoms with Crippen molar-refractivity contribution in [1.82, 2.24) is 15.5 Å². The molecule has 36 heavy (non-hydrogen) atoms. The van der Waals surface area contributed by atoms with Crippen LogP contribution in [-0.2, 0) is 11.2 Å². The highest BCUT2D eigenvalue weighted by molar-refractivity contribution is 5.93. The van der Waals surface area contributed by atoms with E-state index in [4.69, 9.17) is 0 Å². The Morgan fingerprint density at radius 3 is 2.14 bits per heavy atom. The van der Waals surface area contributed by atoms with Crippen LogP contribution in [0.25, 0.3) is 11.1 Å². The second kappa shape index (κ2) is 13.4. The standard InChI is InChI=1S/C30H36N4O2/c35-29(31-20-9-23-34-21-7-8-22-34)28(19-14-24-10-3-1-4-11-24)33-30(36)32-27-17-15-26(16-18-27)25-12-5-2-6-13-25/h1-6,10-13,15-18,28H,7-9,14,19-23H2,(H,31,35)(H2,32,33,36). The molecule has 1 aliphatic heterocycles. The van der Waals surface area contributed by atoms with E-state index < -0.39 is 6.04 Å². The van der Waals surface area contributed by atoms with Crippen LogP contribution < -0.4 is 16.0 Å². The predicted octanol–water partition coefficient (Wildman–Crippen LogP) is 5.08. The Morgan fingerprint density at radius 2 is 1.44 bits per heavy atom. The van der Waals surface area contributed by atoms with Crippen LogP contribution >= 0.6 is 0 Å². The SMILES string of the molecule is O=C(Nc1ccc(-c2ccccc2)cc1)NC(CCc1ccccc1)C(=O)NCCCN1CCCC1. The summed E-state index contributed by atoms with van der Waals surface area (Å²) in [5.74, 6) is -0.137. The number of likely N-dealkylation sites (tertiary alicyclic amines) is 1. The van der Waals surface area contributed by atoms with Crippen molar-refractivity contribution in [2.75, 3.05) is 31.5 Å². The Morgan fingerprint density at radius 1 is 0.806 bits per heavy atom. The number of aryl methyl sites for hydroxylation is 1. The molecule has 0 aromatic heterocycles. The van der Waals surface area contributed by atoms with Crippen LogP contribution in [0.4, 0.5) is 10.5 Å². The molecule has 0 radical (unpaired) electrons. The molecule has 3 aromatic carbocycles. The molecule has 1 aliphatic rings. The fourth-order valence-corrected chi connectivity index (χ4v) is 4.57. The summed E-state index contributed by atoms with van der Waals surface area (Å²) in [4.78, 5) is 28.2. The van der Waals surface area contributed by atoms with E-state index in [9.17, 15) is 9.59 Å². The van der Waals surface area contributed by atoms with Crippen molar-refractivity contribution in [3.8, 4) is 11.1 Å². The van der Waals surface area contributed by atoms with E-state index in [0.717, 1.165) is 42.7 Å². The Labute approximate surface area is 214 Å². The van der Waals surface area contributed by atoms with Crippen molar-refractivity contribution >= 4 is 17.6 Å². The summed E-state index contributed by atoms with van der Waals surface area (Å²) in [6.07, 6.45) is 4.68. The van der Waals surface area contributed by atoms with E-state index in [2.05, 4.69) is 33.0 Å². The predicted molar refractivity (Wildman–Crippen MR) is 146 cm³/mol. The van der Waals surface area contributed by atoms with Gasteiger partial charge in [0.2, 0.25) is 5.91 Å². The zero-order valence-electron chi connectivity index (χ0n) is 20.8. The summed E-state index contributed by atoms with van der Waals surface area (Å²) in [6.45, 7) is 3.92. The van der Waals surface area contributed by atoms with Crippen molar-refractivity contribution in [3.63, 3.8) is 0 Å². The molecule has 1 atom stereocenters. The number of carbonyl (C=O) groups is 2. The number of hydrogen-bond donors (Lipinski definition) is 3. The lowest BCUT2D eigenvalue weighted by Crippen LogP contribution is -2.48. The second-order valence-corrected chi connectivity index (χ2v) is 9.31. The van der Waals surface area contributed by atoms with Gasteiger partial charge in [-0.05, 0) is 80.6 Å². The van der Waals surface area contributed by atoms with Gasteiger partial charge < -0.3 is 20.9 Å². The zero-order valence-corrected chi connectivity index (χ0v) is 20.8. The molecule has 6 heteroatoms. The fraction of sp³-hybridized carbons (Fsp3) is 0.333. The summed E-state index contributed by atoms with van der Waals surface area (Å²) in [5, 5.41) is 8.79. The Balaban J connectivity index is 1.31. The summed E-state index contributed by atoms with van der Waals surface area (Å²) in [7, 11) is 0. The minimum absolute atomic E-state index is 0.137. The van der Waals surface area contributed by atoms with Crippen molar-refractivity contribution in [2.24, 2.45) is 0 Å². The van der Waals surface area contributed by atoms with Crippen LogP contribution in [0.5, 0.6) is 0 Å². The van der Waals surface area contributed by atoms with Crippen LogP contribution in [0.15, 0.2) is 84.9 Å². The lowest BCUT2D eigenvalue weighted by molar-refractivity contribution is -0.123. The minimum Gasteiger partial charge on any atom is -0.354 e. The fourth-order valence-electron chi connectivity index (χ4n) is 4.57. The monoisotopic (exact) mass is 484 g/mol. The molecule has 0 bridgehead atoms. The van der Waals surface area contributed by atoms with Gasteiger partial charge in [0.1, 0.15) is 6.04 Å². The average molecular weight is 485 g/mol. The molecular weight excluding hydrogens is 448 g/mol. The molecule has 0 spiro atoms. The van der Waals surface area contributed by atoms with Gasteiger partial charge in [-0.1, -0.05) is 72.8 Å². The number of urea groups is 1. The number of carbonyl (C=O) groups excluding carboxylic acids is 2. The number of nitrogens with one attached hydrogen (secondary N) is 3. The highest BCUT2D eigenvalue weighted by Crippen LogP contribution is 2.21. The van der Waals surface area contributed by atoms with Crippen molar-refractivity contribution in [2.45, 2.75) is 38.1 Å². The van der Waals surface area contributed by atoms with Gasteiger partial charge in [-0.15, -0.1) is 0 Å². The first-order valence-electron chi connectivity index (χ1n) is 12.9. The molecule has 1 saturated heterocycles. The first-order chi connectivity index (χ1) is 17.7. The van der Waals surface area contributed by atoms with Gasteiger partial charge in [0.05, 0.1) is 0 Å². The zero-order chi connectivity index (χ0) is 25.0. The summed E-state index contributed by atoms with van der Waals surface area (Å²) in [5.41, 5.74) is 4.02. The lowest BCUT2D eigenvalue weighted by atomic mass is 10.0. The van der Waals surface area contributed by atoms with Crippen molar-refractivity contribution in [3.05, 3.63) is 90.5 Å². The van der Waals surface area contributed by atoms with Crippen LogP contribution in [0, 0.1) is 0 Å². The molecular formula is C30H36N4O2. The van der Waals surface area contributed by atoms with Gasteiger partial charge in [0, 0.05) is 12.2 Å². The molecule has 6 nitrogen and oxygen atoms in total. The molecule has 1 heterocycles. The van der Waals surface area contributed by atoms with Gasteiger partial charge in [-0.25, -0.2) is 4.79 Å². The number of nitrogens with zero attached hydrogens (tertiary/aromatic N) is 1. The van der Waals surface area contributed by atoms with Crippen LogP contribution in [0.3, 0.4) is 0 Å². The van der Waals surface area contributed by atoms with E-state index >= 15 is 0 Å². The first-order valence-corrected chi connectivity index (χ1v) is 12.9. The van der Waals surface area contributed by atoms with Gasteiger partial charge in [-0.2, -0.15) is 0 Å². The maximum Gasteiger partial charge on any atom is 0.319 e. The first kappa shape index (κ1) is 25.5. The molecule has 0 saturated carbocycles. The Bertz CT molecular complexity index is 1080. The Hall–Kier alpha value is -3.64. The smallest absolute Gasteiger partial charge is 0.319 e. The van der Waals surface area contributed by atoms with Gasteiger partial charge in [0.15, 0.2) is 0 Å². The highest BCUT2D eigenvalue weighted by atomic mass is 16.2. The molecule has 3 N–H and O–H groups in total. The number of anilines is 1. The molecule has 1 fully saturated rings. The van der Waals surface area contributed by atoms with E-state index in [1.54, 1.807) is 0 Å². The third-order valence-electron chi connectivity index (χ3n) is 6.59. The number of benzene rings is 3. The summed E-state index contributed by atoms with van der Waals surface area (Å²) in [6, 6.07) is 26.8. The second-order valence-electron chi connectivity index (χ2n) is 9.31. The molecule has 3 aromatic rings. The number of rotatable bonds is 11. The largest absolute Gasteiger partial charge is 0.354 e. The van der Waals surface area contributed by atoms with Gasteiger partial charge in [0.25, 0.3) is 0 Å². The minimum atomic E-state index is -0.611. The number of hydrogen-bond acceptors (Lipinski definition) is 3. The van der Waals surface area contributed by atoms with Crippen molar-refractivity contribution < 1.29 is 9.59 Å². The molecule has 0 aliphatic carbocycles. The lowest BCUT2D eigenvalue weighted by Gasteiger charge is -2.20. The van der Waals surface area contributed by atoms with Gasteiger partial charge in [-0.3, -0.25) is 4.79 Å². The average Bonchev–Trinajstić information content (AvgIpc) is 3.44. The van der Waals surface area contributed by atoms with Gasteiger partial charge >= 0.3 is 6.03 Å². The van der Waals surface area contributed by atoms with Crippen LogP contribution in [0.1, 0.15) is 31.2 Å². The van der Waals surface area contributed by atoms with E-state index in [-0.39, 0.29) is 11.9 Å². The quantitative estimate of drug-likeness (QED) is 0.332. The molecule has 1 unspecified atom stereocenters. The number of amides is 3. The molecule has 3 amide bonds. The molecule has 188 valence electrons. The third-order valence-corrected chi connectivity index (χ3v) is 6.59. The normalized spacial score (nSPS) is 14.2. The van der Waals surface area contributed by atoms with Crippen molar-refractivity contribution in [1.29, 1.82) is 0 Å². The maximum absolute atomic E-state index is 13.0. The van der Waals surface area contributed by atoms with Crippen LogP contribution in [-0.4, -0.2) is 49.1 Å². The highest BCUT2D eigenvalue weighted by Gasteiger charge is 2.21. The van der Waals surface area contributed by atoms with E-state index in [1.807, 2.05) is 72.8 Å².